The fourth-order valence-electron chi connectivity index (χ4n) is 5.25. The number of halogens is 1. The zero-order valence-electron chi connectivity index (χ0n) is 20.8. The van der Waals surface area contributed by atoms with Gasteiger partial charge in [-0.1, -0.05) is 29.8 Å². The summed E-state index contributed by atoms with van der Waals surface area (Å²) in [6, 6.07) is 7.20. The second-order valence-corrected chi connectivity index (χ2v) is 10.4. The summed E-state index contributed by atoms with van der Waals surface area (Å²) in [6.45, 7) is 11.4. The minimum absolute atomic E-state index is 0.321. The Morgan fingerprint density at radius 3 is 2.63 bits per heavy atom. The number of piperazine rings is 1. The standard InChI is InChI=1S/C27H36ClN7/c1-19-15-21(7-8-23(19)28)24(17-33-9-4-10-33)34-11-13-35(14-12-34)27-25(26(29)31-18-32-27)22-6-3-5-20(2)30-16-22/h6-8,15-16,18,20,24H,3-5,9-14,17H2,1-2H3,(H2,29,31,32). The second kappa shape index (κ2) is 10.6. The molecule has 0 saturated carbocycles. The largest absolute Gasteiger partial charge is 0.383 e. The number of rotatable bonds is 6. The van der Waals surface area contributed by atoms with Gasteiger partial charge in [-0.2, -0.15) is 0 Å². The van der Waals surface area contributed by atoms with Crippen molar-refractivity contribution in [2.75, 3.05) is 56.4 Å². The Kier molecular flexibility index (Phi) is 7.37. The van der Waals surface area contributed by atoms with Gasteiger partial charge >= 0.3 is 0 Å². The summed E-state index contributed by atoms with van der Waals surface area (Å²) in [4.78, 5) is 21.2. The first-order valence-corrected chi connectivity index (χ1v) is 13.2. The molecule has 2 aromatic rings. The summed E-state index contributed by atoms with van der Waals surface area (Å²) in [5.74, 6) is 1.45. The van der Waals surface area contributed by atoms with Crippen molar-refractivity contribution < 1.29 is 0 Å². The Bertz CT molecular complexity index is 1100. The van der Waals surface area contributed by atoms with Crippen molar-refractivity contribution in [3.63, 3.8) is 0 Å². The summed E-state index contributed by atoms with van der Waals surface area (Å²) >= 11 is 6.35. The summed E-state index contributed by atoms with van der Waals surface area (Å²) < 4.78 is 0. The lowest BCUT2D eigenvalue weighted by molar-refractivity contribution is 0.0965. The zero-order valence-corrected chi connectivity index (χ0v) is 21.6. The number of benzene rings is 1. The molecule has 4 heterocycles. The summed E-state index contributed by atoms with van der Waals surface area (Å²) in [7, 11) is 0. The van der Waals surface area contributed by atoms with Gasteiger partial charge in [0.05, 0.1) is 5.56 Å². The minimum atomic E-state index is 0.321. The number of aryl methyl sites for hydroxylation is 1. The van der Waals surface area contributed by atoms with Crippen LogP contribution in [-0.2, 0) is 0 Å². The molecule has 8 heteroatoms. The molecule has 2 fully saturated rings. The molecule has 186 valence electrons. The molecule has 2 saturated heterocycles. The van der Waals surface area contributed by atoms with E-state index in [-0.39, 0.29) is 0 Å². The van der Waals surface area contributed by atoms with E-state index in [2.05, 4.69) is 56.7 Å². The van der Waals surface area contributed by atoms with Gasteiger partial charge in [-0.25, -0.2) is 9.97 Å². The molecule has 0 amide bonds. The zero-order chi connectivity index (χ0) is 24.4. The van der Waals surface area contributed by atoms with Crippen molar-refractivity contribution in [3.8, 4) is 0 Å². The van der Waals surface area contributed by atoms with E-state index in [9.17, 15) is 0 Å². The van der Waals surface area contributed by atoms with Crippen LogP contribution in [0.25, 0.3) is 5.57 Å². The average molecular weight is 494 g/mol. The topological polar surface area (TPSA) is 73.9 Å². The molecule has 1 aromatic heterocycles. The van der Waals surface area contributed by atoms with E-state index in [0.717, 1.165) is 73.1 Å². The molecular formula is C27H36ClN7. The normalized spacial score (nSPS) is 22.4. The number of hydrogen-bond donors (Lipinski definition) is 1. The van der Waals surface area contributed by atoms with E-state index in [1.807, 2.05) is 12.3 Å². The molecule has 0 spiro atoms. The number of allylic oxidation sites excluding steroid dienone is 2. The minimum Gasteiger partial charge on any atom is -0.383 e. The van der Waals surface area contributed by atoms with E-state index in [4.69, 9.17) is 22.3 Å². The molecule has 2 unspecified atom stereocenters. The van der Waals surface area contributed by atoms with Crippen LogP contribution in [0, 0.1) is 6.92 Å². The summed E-state index contributed by atoms with van der Waals surface area (Å²) in [5, 5.41) is 0.834. The molecule has 3 aliphatic heterocycles. The van der Waals surface area contributed by atoms with Gasteiger partial charge in [-0.05, 0) is 63.4 Å². The average Bonchev–Trinajstić information content (AvgIpc) is 3.05. The molecule has 0 aliphatic carbocycles. The first-order valence-electron chi connectivity index (χ1n) is 12.8. The summed E-state index contributed by atoms with van der Waals surface area (Å²) in [6.07, 6.45) is 9.10. The Morgan fingerprint density at radius 2 is 1.91 bits per heavy atom. The van der Waals surface area contributed by atoms with Crippen LogP contribution in [-0.4, -0.2) is 77.8 Å². The summed E-state index contributed by atoms with van der Waals surface area (Å²) in [5.41, 5.74) is 10.9. The predicted octanol–water partition coefficient (Wildman–Crippen LogP) is 4.23. The van der Waals surface area contributed by atoms with Crippen LogP contribution < -0.4 is 10.6 Å². The van der Waals surface area contributed by atoms with Gasteiger partial charge in [0.2, 0.25) is 0 Å². The van der Waals surface area contributed by atoms with Crippen LogP contribution >= 0.6 is 11.6 Å². The third-order valence-electron chi connectivity index (χ3n) is 7.56. The Morgan fingerprint density at radius 1 is 1.11 bits per heavy atom. The van der Waals surface area contributed by atoms with Crippen LogP contribution in [0.2, 0.25) is 5.02 Å². The maximum atomic E-state index is 6.39. The Labute approximate surface area is 213 Å². The van der Waals surface area contributed by atoms with Gasteiger partial charge in [0.25, 0.3) is 0 Å². The lowest BCUT2D eigenvalue weighted by Crippen LogP contribution is -2.51. The van der Waals surface area contributed by atoms with E-state index in [1.165, 1.54) is 25.1 Å². The monoisotopic (exact) mass is 493 g/mol. The van der Waals surface area contributed by atoms with E-state index in [1.54, 1.807) is 6.33 Å². The first-order chi connectivity index (χ1) is 17.0. The van der Waals surface area contributed by atoms with Crippen LogP contribution in [0.15, 0.2) is 35.6 Å². The quantitative estimate of drug-likeness (QED) is 0.649. The number of nitrogens with two attached hydrogens (primary N) is 1. The molecule has 0 radical (unpaired) electrons. The Balaban J connectivity index is 1.35. The van der Waals surface area contributed by atoms with Crippen LogP contribution in [0.4, 0.5) is 11.6 Å². The van der Waals surface area contributed by atoms with Crippen molar-refractivity contribution in [3.05, 3.63) is 52.3 Å². The number of aliphatic imine (C=N–C) groups is 1. The van der Waals surface area contributed by atoms with Crippen molar-refractivity contribution >= 4 is 35.0 Å². The SMILES string of the molecule is Cc1cc(C(CN2CCC2)N2CCN(c3ncnc(N)c3C3=CCCC(C)N=C3)CC2)ccc1Cl. The molecule has 0 bridgehead atoms. The number of aromatic nitrogens is 2. The molecule has 2 N–H and O–H groups in total. The predicted molar refractivity (Wildman–Crippen MR) is 145 cm³/mol. The van der Waals surface area contributed by atoms with Gasteiger partial charge in [0.1, 0.15) is 18.0 Å². The van der Waals surface area contributed by atoms with E-state index in [0.29, 0.717) is 17.9 Å². The third kappa shape index (κ3) is 5.37. The fourth-order valence-corrected chi connectivity index (χ4v) is 5.37. The van der Waals surface area contributed by atoms with Crippen molar-refractivity contribution in [1.82, 2.24) is 19.8 Å². The van der Waals surface area contributed by atoms with E-state index < -0.39 is 0 Å². The number of anilines is 2. The maximum Gasteiger partial charge on any atom is 0.142 e. The lowest BCUT2D eigenvalue weighted by atomic mass is 10.00. The highest BCUT2D eigenvalue weighted by atomic mass is 35.5. The van der Waals surface area contributed by atoms with Crippen LogP contribution in [0.5, 0.6) is 0 Å². The van der Waals surface area contributed by atoms with Gasteiger partial charge in [-0.3, -0.25) is 9.89 Å². The van der Waals surface area contributed by atoms with E-state index >= 15 is 0 Å². The van der Waals surface area contributed by atoms with Gasteiger partial charge in [-0.15, -0.1) is 0 Å². The third-order valence-corrected chi connectivity index (χ3v) is 7.99. The van der Waals surface area contributed by atoms with Gasteiger partial charge in [0, 0.05) is 61.6 Å². The highest BCUT2D eigenvalue weighted by Gasteiger charge is 2.30. The molecule has 35 heavy (non-hydrogen) atoms. The van der Waals surface area contributed by atoms with Crippen molar-refractivity contribution in [2.45, 2.75) is 45.2 Å². The van der Waals surface area contributed by atoms with Gasteiger partial charge in [0.15, 0.2) is 0 Å². The van der Waals surface area contributed by atoms with Crippen molar-refractivity contribution in [2.24, 2.45) is 4.99 Å². The number of likely N-dealkylation sites (tertiary alicyclic amines) is 1. The second-order valence-electron chi connectivity index (χ2n) is 10.0. The number of nitrogen functional groups attached to an aromatic ring is 1. The maximum absolute atomic E-state index is 6.39. The highest BCUT2D eigenvalue weighted by Crippen LogP contribution is 2.33. The van der Waals surface area contributed by atoms with Crippen LogP contribution in [0.3, 0.4) is 0 Å². The van der Waals surface area contributed by atoms with Crippen LogP contribution in [0.1, 0.15) is 48.9 Å². The first kappa shape index (κ1) is 24.2. The molecule has 5 rings (SSSR count). The van der Waals surface area contributed by atoms with Crippen molar-refractivity contribution in [1.29, 1.82) is 0 Å². The molecule has 3 aliphatic rings. The smallest absolute Gasteiger partial charge is 0.142 e. The number of nitrogens with zero attached hydrogens (tertiary/aromatic N) is 6. The fraction of sp³-hybridized carbons (Fsp3) is 0.519. The lowest BCUT2D eigenvalue weighted by Gasteiger charge is -2.43. The molecule has 2 atom stereocenters. The highest BCUT2D eigenvalue weighted by molar-refractivity contribution is 6.31. The molecular weight excluding hydrogens is 458 g/mol. The number of hydrogen-bond acceptors (Lipinski definition) is 7. The molecule has 1 aromatic carbocycles. The molecule has 7 nitrogen and oxygen atoms in total. The Hall–Kier alpha value is -2.48. The van der Waals surface area contributed by atoms with Gasteiger partial charge < -0.3 is 15.5 Å².